The number of ether oxygens (including phenoxy) is 3. The Morgan fingerprint density at radius 2 is 1.67 bits per heavy atom. The quantitative estimate of drug-likeness (QED) is 0.203. The van der Waals surface area contributed by atoms with E-state index in [2.05, 4.69) is 4.74 Å². The van der Waals surface area contributed by atoms with E-state index in [0.29, 0.717) is 0 Å². The van der Waals surface area contributed by atoms with Gasteiger partial charge < -0.3 is 14.2 Å². The van der Waals surface area contributed by atoms with E-state index in [4.69, 9.17) is 15.3 Å². The second-order valence-electron chi connectivity index (χ2n) is 3.64. The molecule has 1 amide bonds. The molecule has 0 fully saturated rings. The number of esters is 3. The van der Waals surface area contributed by atoms with Crippen molar-refractivity contribution in [3.8, 4) is 11.5 Å². The van der Waals surface area contributed by atoms with Gasteiger partial charge in [0.1, 0.15) is 5.56 Å². The van der Waals surface area contributed by atoms with Crippen molar-refractivity contribution >= 4 is 24.0 Å². The van der Waals surface area contributed by atoms with E-state index in [0.717, 1.165) is 13.8 Å². The predicted molar refractivity (Wildman–Crippen MR) is 67.2 cm³/mol. The van der Waals surface area contributed by atoms with Gasteiger partial charge in [-0.1, -0.05) is 6.07 Å². The highest BCUT2D eigenvalue weighted by molar-refractivity contribution is 6.00. The van der Waals surface area contributed by atoms with Crippen molar-refractivity contribution in [2.45, 2.75) is 13.8 Å². The Morgan fingerprint density at radius 3 is 2.19 bits per heavy atom. The van der Waals surface area contributed by atoms with E-state index >= 15 is 0 Å². The summed E-state index contributed by atoms with van der Waals surface area (Å²) in [7, 11) is 0. The zero-order valence-electron chi connectivity index (χ0n) is 11.2. The molecule has 0 spiro atoms. The molecule has 0 heterocycles. The molecule has 1 rings (SSSR count). The van der Waals surface area contributed by atoms with Crippen molar-refractivity contribution in [3.63, 3.8) is 0 Å². The fourth-order valence-electron chi connectivity index (χ4n) is 1.33. The van der Waals surface area contributed by atoms with Gasteiger partial charge in [0.25, 0.3) is 0 Å². The van der Waals surface area contributed by atoms with Gasteiger partial charge in [-0.3, -0.25) is 15.0 Å². The minimum absolute atomic E-state index is 0.166. The van der Waals surface area contributed by atoms with Crippen LogP contribution in [-0.2, 0) is 14.3 Å². The molecule has 0 unspecified atom stereocenters. The third-order valence-electron chi connectivity index (χ3n) is 2.00. The summed E-state index contributed by atoms with van der Waals surface area (Å²) >= 11 is 0. The molecule has 3 N–H and O–H groups in total. The van der Waals surface area contributed by atoms with E-state index in [1.807, 2.05) is 0 Å². The number of para-hydroxylation sites is 1. The first kappa shape index (κ1) is 16.1. The molecule has 0 aliphatic heterocycles. The molecule has 0 bridgehead atoms. The Kier molecular flexibility index (Phi) is 5.38. The molecule has 21 heavy (non-hydrogen) atoms. The summed E-state index contributed by atoms with van der Waals surface area (Å²) in [5, 5.41) is 0. The molecule has 0 saturated carbocycles. The first-order valence-electron chi connectivity index (χ1n) is 5.57. The Bertz CT molecular complexity index is 597. The largest absolute Gasteiger partial charge is 0.429 e. The Morgan fingerprint density at radius 1 is 1.05 bits per heavy atom. The van der Waals surface area contributed by atoms with Crippen molar-refractivity contribution < 1.29 is 33.4 Å². The molecule has 112 valence electrons. The molecular formula is C12H12N2O7. The van der Waals surface area contributed by atoms with Crippen molar-refractivity contribution in [1.29, 1.82) is 0 Å². The maximum atomic E-state index is 11.8. The van der Waals surface area contributed by atoms with Crippen molar-refractivity contribution in [3.05, 3.63) is 23.8 Å². The van der Waals surface area contributed by atoms with Crippen molar-refractivity contribution in [2.75, 3.05) is 0 Å². The van der Waals surface area contributed by atoms with E-state index < -0.39 is 24.0 Å². The van der Waals surface area contributed by atoms with Gasteiger partial charge in [0.05, 0.1) is 0 Å². The maximum Gasteiger partial charge on any atom is 0.429 e. The highest BCUT2D eigenvalue weighted by Gasteiger charge is 2.22. The fraction of sp³-hybridized carbons (Fsp3) is 0.167. The van der Waals surface area contributed by atoms with Crippen LogP contribution in [0.15, 0.2) is 18.2 Å². The second-order valence-corrected chi connectivity index (χ2v) is 3.64. The average molecular weight is 296 g/mol. The zero-order chi connectivity index (χ0) is 16.0. The van der Waals surface area contributed by atoms with Crippen LogP contribution in [0.5, 0.6) is 11.5 Å². The Hall–Kier alpha value is -2.94. The standard InChI is InChI=1S/C12H12N2O7/c1-6(15)19-9-5-3-4-8(10(9)20-7(2)16)11(17)21-12(18)14-13/h3-5H,13H2,1-2H3,(H,14,18). The maximum absolute atomic E-state index is 11.8. The summed E-state index contributed by atoms with van der Waals surface area (Å²) in [6.45, 7) is 2.22. The first-order chi connectivity index (χ1) is 9.85. The minimum atomic E-state index is -1.20. The Labute approximate surface area is 118 Å². The minimum Gasteiger partial charge on any atom is -0.423 e. The lowest BCUT2D eigenvalue weighted by Gasteiger charge is -2.12. The number of carbonyl (C=O) groups is 4. The summed E-state index contributed by atoms with van der Waals surface area (Å²) in [6.07, 6.45) is -1.20. The van der Waals surface area contributed by atoms with Crippen LogP contribution < -0.4 is 20.7 Å². The molecule has 0 aliphatic carbocycles. The van der Waals surface area contributed by atoms with Crippen LogP contribution in [0, 0.1) is 0 Å². The second kappa shape index (κ2) is 7.01. The highest BCUT2D eigenvalue weighted by atomic mass is 16.6. The number of amides is 1. The molecule has 9 heteroatoms. The summed E-state index contributed by atoms with van der Waals surface area (Å²) in [5.74, 6) is 1.70. The number of nitrogens with two attached hydrogens (primary N) is 1. The molecule has 0 radical (unpaired) electrons. The molecule has 9 nitrogen and oxygen atoms in total. The van der Waals surface area contributed by atoms with Crippen LogP contribution in [0.25, 0.3) is 0 Å². The van der Waals surface area contributed by atoms with Gasteiger partial charge in [0.15, 0.2) is 11.5 Å². The van der Waals surface area contributed by atoms with Gasteiger partial charge in [-0.15, -0.1) is 0 Å². The smallest absolute Gasteiger partial charge is 0.423 e. The van der Waals surface area contributed by atoms with Crippen LogP contribution in [0.2, 0.25) is 0 Å². The third kappa shape index (κ3) is 4.58. The number of hydrazine groups is 1. The van der Waals surface area contributed by atoms with Crippen LogP contribution in [0.4, 0.5) is 4.79 Å². The monoisotopic (exact) mass is 296 g/mol. The number of nitrogens with one attached hydrogen (secondary N) is 1. The normalized spacial score (nSPS) is 9.48. The van der Waals surface area contributed by atoms with Gasteiger partial charge >= 0.3 is 24.0 Å². The lowest BCUT2D eigenvalue weighted by atomic mass is 10.2. The van der Waals surface area contributed by atoms with Gasteiger partial charge in [0, 0.05) is 13.8 Å². The van der Waals surface area contributed by atoms with Crippen LogP contribution in [0.1, 0.15) is 24.2 Å². The number of hydrogen-bond donors (Lipinski definition) is 2. The zero-order valence-corrected chi connectivity index (χ0v) is 11.2. The third-order valence-corrected chi connectivity index (χ3v) is 2.00. The van der Waals surface area contributed by atoms with E-state index in [1.54, 1.807) is 5.43 Å². The number of hydrogen-bond acceptors (Lipinski definition) is 8. The van der Waals surface area contributed by atoms with Crippen molar-refractivity contribution in [1.82, 2.24) is 5.43 Å². The van der Waals surface area contributed by atoms with Gasteiger partial charge in [0.2, 0.25) is 0 Å². The van der Waals surface area contributed by atoms with Crippen LogP contribution in [0.3, 0.4) is 0 Å². The van der Waals surface area contributed by atoms with Crippen LogP contribution >= 0.6 is 0 Å². The first-order valence-corrected chi connectivity index (χ1v) is 5.57. The van der Waals surface area contributed by atoms with Gasteiger partial charge in [-0.25, -0.2) is 15.4 Å². The molecule has 0 saturated heterocycles. The molecule has 0 aromatic heterocycles. The van der Waals surface area contributed by atoms with Gasteiger partial charge in [-0.2, -0.15) is 0 Å². The summed E-state index contributed by atoms with van der Waals surface area (Å²) in [4.78, 5) is 44.8. The summed E-state index contributed by atoms with van der Waals surface area (Å²) in [5.41, 5.74) is 1.31. The molecular weight excluding hydrogens is 284 g/mol. The lowest BCUT2D eigenvalue weighted by Crippen LogP contribution is -2.32. The number of carbonyl (C=O) groups excluding carboxylic acids is 4. The highest BCUT2D eigenvalue weighted by Crippen LogP contribution is 2.32. The van der Waals surface area contributed by atoms with E-state index in [1.165, 1.54) is 18.2 Å². The lowest BCUT2D eigenvalue weighted by molar-refractivity contribution is -0.134. The fourth-order valence-corrected chi connectivity index (χ4v) is 1.33. The van der Waals surface area contributed by atoms with E-state index in [9.17, 15) is 19.2 Å². The van der Waals surface area contributed by atoms with E-state index in [-0.39, 0.29) is 17.1 Å². The number of benzene rings is 1. The molecule has 1 aromatic rings. The topological polar surface area (TPSA) is 134 Å². The molecule has 1 aromatic carbocycles. The summed E-state index contributed by atoms with van der Waals surface area (Å²) < 4.78 is 14.0. The van der Waals surface area contributed by atoms with Gasteiger partial charge in [-0.05, 0) is 12.1 Å². The SMILES string of the molecule is CC(=O)Oc1cccc(C(=O)OC(=O)NN)c1OC(C)=O. The Balaban J connectivity index is 3.23. The number of rotatable bonds is 3. The summed E-state index contributed by atoms with van der Waals surface area (Å²) in [6, 6.07) is 3.87. The predicted octanol–water partition coefficient (Wildman–Crippen LogP) is 0.277. The molecule has 0 aliphatic rings. The van der Waals surface area contributed by atoms with Crippen LogP contribution in [-0.4, -0.2) is 24.0 Å². The molecule has 0 atom stereocenters. The average Bonchev–Trinajstić information content (AvgIpc) is 2.39. The van der Waals surface area contributed by atoms with Crippen molar-refractivity contribution in [2.24, 2.45) is 5.84 Å².